The Hall–Kier alpha value is -5.54. The van der Waals surface area contributed by atoms with Crippen LogP contribution in [0.2, 0.25) is 0 Å². The first kappa shape index (κ1) is 23.1. The molecule has 2 unspecified atom stereocenters. The third-order valence-corrected chi connectivity index (χ3v) is 9.48. The van der Waals surface area contributed by atoms with E-state index < -0.39 is 0 Å². The van der Waals surface area contributed by atoms with Crippen LogP contribution >= 0.6 is 0 Å². The summed E-state index contributed by atoms with van der Waals surface area (Å²) < 4.78 is 8.82. The summed E-state index contributed by atoms with van der Waals surface area (Å²) in [4.78, 5) is 2.54. The Bertz CT molecular complexity index is 2490. The molecule has 3 nitrogen and oxygen atoms in total. The molecule has 3 heterocycles. The molecule has 0 fully saturated rings. The van der Waals surface area contributed by atoms with Crippen LogP contribution in [0.5, 0.6) is 0 Å². The van der Waals surface area contributed by atoms with Gasteiger partial charge in [-0.1, -0.05) is 97.1 Å². The number of aromatic nitrogens is 1. The molecule has 2 aliphatic rings. The summed E-state index contributed by atoms with van der Waals surface area (Å²) in [5.41, 5.74) is 9.28. The number of hydrogen-bond donors (Lipinski definition) is 0. The maximum absolute atomic E-state index is 6.36. The van der Waals surface area contributed by atoms with E-state index in [2.05, 4.69) is 143 Å². The van der Waals surface area contributed by atoms with E-state index in [-0.39, 0.29) is 12.0 Å². The first-order chi connectivity index (χ1) is 21.3. The van der Waals surface area contributed by atoms with Crippen LogP contribution in [0.3, 0.4) is 0 Å². The van der Waals surface area contributed by atoms with Crippen molar-refractivity contribution in [2.75, 3.05) is 4.90 Å². The van der Waals surface area contributed by atoms with Gasteiger partial charge in [-0.3, -0.25) is 0 Å². The molecule has 10 rings (SSSR count). The molecule has 43 heavy (non-hydrogen) atoms. The molecule has 0 amide bonds. The van der Waals surface area contributed by atoms with Crippen molar-refractivity contribution in [2.45, 2.75) is 12.0 Å². The molecule has 0 saturated heterocycles. The summed E-state index contributed by atoms with van der Waals surface area (Å²) in [7, 11) is 0. The van der Waals surface area contributed by atoms with Gasteiger partial charge in [-0.25, -0.2) is 0 Å². The van der Waals surface area contributed by atoms with Gasteiger partial charge in [0.1, 0.15) is 11.2 Å². The van der Waals surface area contributed by atoms with Crippen LogP contribution in [0, 0.1) is 0 Å². The van der Waals surface area contributed by atoms with Gasteiger partial charge in [0, 0.05) is 56.2 Å². The quantitative estimate of drug-likeness (QED) is 0.213. The SMILES string of the molecule is C1=CC2c3c(ccc4c5ccccc5n(-c5ccc6c(c5)oc5ccccc56)c34)N(c3ccc4ccccc4c3)C2C=C1. The van der Waals surface area contributed by atoms with Crippen molar-refractivity contribution >= 4 is 65.9 Å². The Morgan fingerprint density at radius 2 is 1.28 bits per heavy atom. The summed E-state index contributed by atoms with van der Waals surface area (Å²) in [5, 5.41) is 7.36. The Labute approximate surface area is 248 Å². The van der Waals surface area contributed by atoms with Gasteiger partial charge >= 0.3 is 0 Å². The molecule has 8 aromatic rings. The van der Waals surface area contributed by atoms with Crippen LogP contribution < -0.4 is 4.90 Å². The maximum Gasteiger partial charge on any atom is 0.137 e. The van der Waals surface area contributed by atoms with Crippen LogP contribution in [0.1, 0.15) is 11.5 Å². The lowest BCUT2D eigenvalue weighted by Gasteiger charge is -2.28. The van der Waals surface area contributed by atoms with Crippen molar-refractivity contribution in [3.8, 4) is 5.69 Å². The molecule has 0 N–H and O–H groups in total. The van der Waals surface area contributed by atoms with Gasteiger partial charge in [-0.05, 0) is 53.2 Å². The lowest BCUT2D eigenvalue weighted by molar-refractivity contribution is 0.668. The molecule has 6 aromatic carbocycles. The Kier molecular flexibility index (Phi) is 4.56. The number of rotatable bonds is 2. The minimum Gasteiger partial charge on any atom is -0.456 e. The zero-order valence-electron chi connectivity index (χ0n) is 23.3. The van der Waals surface area contributed by atoms with Crippen molar-refractivity contribution in [2.24, 2.45) is 0 Å². The second-order valence-electron chi connectivity index (χ2n) is 11.7. The van der Waals surface area contributed by atoms with Crippen LogP contribution in [-0.4, -0.2) is 10.6 Å². The summed E-state index contributed by atoms with van der Waals surface area (Å²) in [6, 6.07) is 44.1. The van der Waals surface area contributed by atoms with Crippen molar-refractivity contribution in [1.82, 2.24) is 4.57 Å². The fourth-order valence-corrected chi connectivity index (χ4v) is 7.64. The van der Waals surface area contributed by atoms with E-state index >= 15 is 0 Å². The number of para-hydroxylation sites is 2. The van der Waals surface area contributed by atoms with Gasteiger partial charge in [0.15, 0.2) is 0 Å². The highest BCUT2D eigenvalue weighted by Gasteiger charge is 2.40. The van der Waals surface area contributed by atoms with Gasteiger partial charge in [0.25, 0.3) is 0 Å². The monoisotopic (exact) mass is 550 g/mol. The Morgan fingerprint density at radius 1 is 0.535 bits per heavy atom. The highest BCUT2D eigenvalue weighted by atomic mass is 16.3. The molecule has 2 atom stereocenters. The number of benzene rings is 6. The summed E-state index contributed by atoms with van der Waals surface area (Å²) in [6.07, 6.45) is 9.15. The van der Waals surface area contributed by atoms with Crippen molar-refractivity contribution in [3.05, 3.63) is 151 Å². The molecule has 202 valence electrons. The van der Waals surface area contributed by atoms with E-state index in [0.29, 0.717) is 0 Å². The van der Waals surface area contributed by atoms with Gasteiger partial charge in [0.05, 0.1) is 17.1 Å². The second-order valence-corrected chi connectivity index (χ2v) is 11.7. The van der Waals surface area contributed by atoms with E-state index in [1.54, 1.807) is 0 Å². The largest absolute Gasteiger partial charge is 0.456 e. The summed E-state index contributed by atoms with van der Waals surface area (Å²) >= 11 is 0. The van der Waals surface area contributed by atoms with E-state index in [0.717, 1.165) is 27.6 Å². The highest BCUT2D eigenvalue weighted by molar-refractivity contribution is 6.13. The molecule has 0 saturated carbocycles. The zero-order valence-corrected chi connectivity index (χ0v) is 23.3. The molecule has 1 aliphatic carbocycles. The normalized spacial score (nSPS) is 17.5. The van der Waals surface area contributed by atoms with Gasteiger partial charge in [0.2, 0.25) is 0 Å². The smallest absolute Gasteiger partial charge is 0.137 e. The number of furan rings is 1. The fraction of sp³-hybridized carbons (Fsp3) is 0.0500. The van der Waals surface area contributed by atoms with Crippen molar-refractivity contribution < 1.29 is 4.42 Å². The standard InChI is InChI=1S/C40H26N2O/c1-2-10-26-23-27(18-17-25(26)9-1)41-35-15-7-4-13-33(35)39-36(41)22-21-32-29-11-3-6-14-34(29)42(40(32)39)28-19-20-31-30-12-5-8-16-37(30)43-38(31)24-28/h1-24,33,35H. The molecule has 0 spiro atoms. The van der Waals surface area contributed by atoms with E-state index in [1.165, 1.54) is 49.5 Å². The van der Waals surface area contributed by atoms with Crippen LogP contribution in [0.4, 0.5) is 11.4 Å². The molecule has 1 aliphatic heterocycles. The third kappa shape index (κ3) is 3.14. The predicted octanol–water partition coefficient (Wildman–Crippen LogP) is 10.6. The number of nitrogens with zero attached hydrogens (tertiary/aromatic N) is 2. The van der Waals surface area contributed by atoms with Gasteiger partial charge in [-0.2, -0.15) is 0 Å². The average Bonchev–Trinajstić information content (AvgIpc) is 3.71. The predicted molar refractivity (Wildman–Crippen MR) is 179 cm³/mol. The van der Waals surface area contributed by atoms with Gasteiger partial charge in [-0.15, -0.1) is 0 Å². The minimum atomic E-state index is 0.205. The number of allylic oxidation sites excluding steroid dienone is 2. The first-order valence-electron chi connectivity index (χ1n) is 14.9. The minimum absolute atomic E-state index is 0.205. The lowest BCUT2D eigenvalue weighted by Crippen LogP contribution is -2.28. The molecule has 0 radical (unpaired) electrons. The lowest BCUT2D eigenvalue weighted by atomic mass is 9.90. The summed E-state index contributed by atoms with van der Waals surface area (Å²) in [6.45, 7) is 0. The van der Waals surface area contributed by atoms with Gasteiger partial charge < -0.3 is 13.9 Å². The molecular weight excluding hydrogens is 524 g/mol. The van der Waals surface area contributed by atoms with Crippen molar-refractivity contribution in [1.29, 1.82) is 0 Å². The van der Waals surface area contributed by atoms with E-state index in [4.69, 9.17) is 4.42 Å². The average molecular weight is 551 g/mol. The fourth-order valence-electron chi connectivity index (χ4n) is 7.64. The second kappa shape index (κ2) is 8.50. The molecule has 3 heteroatoms. The first-order valence-corrected chi connectivity index (χ1v) is 14.9. The number of anilines is 2. The van der Waals surface area contributed by atoms with Crippen LogP contribution in [-0.2, 0) is 0 Å². The maximum atomic E-state index is 6.36. The number of hydrogen-bond acceptors (Lipinski definition) is 2. The highest BCUT2D eigenvalue weighted by Crippen LogP contribution is 2.52. The van der Waals surface area contributed by atoms with E-state index in [9.17, 15) is 0 Å². The molecule has 0 bridgehead atoms. The zero-order chi connectivity index (χ0) is 28.1. The molecule has 2 aromatic heterocycles. The van der Waals surface area contributed by atoms with E-state index in [1.807, 2.05) is 12.1 Å². The van der Waals surface area contributed by atoms with Crippen LogP contribution in [0.15, 0.2) is 150 Å². The van der Waals surface area contributed by atoms with Crippen molar-refractivity contribution in [3.63, 3.8) is 0 Å². The third-order valence-electron chi connectivity index (χ3n) is 9.48. The molecular formula is C40H26N2O. The Balaban J connectivity index is 1.28. The topological polar surface area (TPSA) is 21.3 Å². The Morgan fingerprint density at radius 3 is 2.23 bits per heavy atom. The number of fused-ring (bicyclic) bond motifs is 11. The van der Waals surface area contributed by atoms with Crippen LogP contribution in [0.25, 0.3) is 60.2 Å². The summed E-state index contributed by atoms with van der Waals surface area (Å²) in [5.74, 6) is 0.230.